The second kappa shape index (κ2) is 5.28. The van der Waals surface area contributed by atoms with Crippen LogP contribution in [0.3, 0.4) is 0 Å². The summed E-state index contributed by atoms with van der Waals surface area (Å²) in [5.74, 6) is 0. The van der Waals surface area contributed by atoms with E-state index in [4.69, 9.17) is 0 Å². The quantitative estimate of drug-likeness (QED) is 0.935. The molecule has 20 heavy (non-hydrogen) atoms. The average molecular weight is 284 g/mol. The summed E-state index contributed by atoms with van der Waals surface area (Å²) in [7, 11) is 0. The molecule has 6 heteroatoms. The number of hydrogen-bond donors (Lipinski definition) is 1. The number of hydrogen-bond acceptors (Lipinski definition) is 2. The normalized spacial score (nSPS) is 13.8. The van der Waals surface area contributed by atoms with E-state index < -0.39 is 17.8 Å². The van der Waals surface area contributed by atoms with Gasteiger partial charge in [-0.1, -0.05) is 18.2 Å². The summed E-state index contributed by atoms with van der Waals surface area (Å²) < 4.78 is 40.4. The van der Waals surface area contributed by atoms with E-state index in [9.17, 15) is 18.3 Å². The highest BCUT2D eigenvalue weighted by Gasteiger charge is 2.35. The van der Waals surface area contributed by atoms with E-state index in [1.165, 1.54) is 24.4 Å². The first kappa shape index (κ1) is 14.6. The van der Waals surface area contributed by atoms with E-state index in [0.717, 1.165) is 6.07 Å². The van der Waals surface area contributed by atoms with Crippen LogP contribution in [0.2, 0.25) is 0 Å². The molecule has 0 bridgehead atoms. The van der Waals surface area contributed by atoms with Gasteiger partial charge in [-0.2, -0.15) is 18.3 Å². The summed E-state index contributed by atoms with van der Waals surface area (Å²) in [4.78, 5) is 0. The molecule has 0 aliphatic rings. The van der Waals surface area contributed by atoms with Gasteiger partial charge >= 0.3 is 6.18 Å². The van der Waals surface area contributed by atoms with Gasteiger partial charge in [-0.25, -0.2) is 0 Å². The lowest BCUT2D eigenvalue weighted by atomic mass is 9.98. The van der Waals surface area contributed by atoms with Crippen LogP contribution in [0.5, 0.6) is 0 Å². The molecule has 108 valence electrons. The highest BCUT2D eigenvalue weighted by atomic mass is 19.4. The van der Waals surface area contributed by atoms with Gasteiger partial charge in [0.05, 0.1) is 11.8 Å². The third-order valence-corrected chi connectivity index (χ3v) is 3.03. The van der Waals surface area contributed by atoms with Crippen LogP contribution in [-0.2, 0) is 6.18 Å². The topological polar surface area (TPSA) is 38.0 Å². The number of rotatable bonds is 3. The molecule has 2 rings (SSSR count). The van der Waals surface area contributed by atoms with Crippen molar-refractivity contribution in [2.45, 2.75) is 32.2 Å². The molecule has 1 unspecified atom stereocenters. The summed E-state index contributed by atoms with van der Waals surface area (Å²) in [6.07, 6.45) is -2.90. The smallest absolute Gasteiger partial charge is 0.384 e. The van der Waals surface area contributed by atoms with Crippen molar-refractivity contribution in [3.63, 3.8) is 0 Å². The van der Waals surface area contributed by atoms with Crippen LogP contribution in [0.4, 0.5) is 13.2 Å². The second-order valence-corrected chi connectivity index (χ2v) is 4.83. The molecule has 0 aliphatic carbocycles. The first-order valence-electron chi connectivity index (χ1n) is 6.19. The third-order valence-electron chi connectivity index (χ3n) is 3.03. The summed E-state index contributed by atoms with van der Waals surface area (Å²) in [6.45, 7) is 3.79. The zero-order chi connectivity index (χ0) is 14.9. The Labute approximate surface area is 114 Å². The van der Waals surface area contributed by atoms with Gasteiger partial charge in [0.15, 0.2) is 0 Å². The molecule has 1 aromatic carbocycles. The zero-order valence-corrected chi connectivity index (χ0v) is 11.1. The number of alkyl halides is 3. The largest absolute Gasteiger partial charge is 0.416 e. The minimum Gasteiger partial charge on any atom is -0.384 e. The molecule has 1 heterocycles. The lowest BCUT2D eigenvalue weighted by Gasteiger charge is -2.16. The van der Waals surface area contributed by atoms with Crippen molar-refractivity contribution < 1.29 is 18.3 Å². The summed E-state index contributed by atoms with van der Waals surface area (Å²) >= 11 is 0. The molecule has 1 atom stereocenters. The van der Waals surface area contributed by atoms with Gasteiger partial charge < -0.3 is 5.11 Å². The fourth-order valence-corrected chi connectivity index (χ4v) is 1.95. The van der Waals surface area contributed by atoms with Gasteiger partial charge in [-0.15, -0.1) is 0 Å². The Balaban J connectivity index is 2.40. The Morgan fingerprint density at radius 1 is 1.20 bits per heavy atom. The van der Waals surface area contributed by atoms with Crippen LogP contribution >= 0.6 is 0 Å². The molecule has 2 aromatic rings. The fourth-order valence-electron chi connectivity index (χ4n) is 1.95. The van der Waals surface area contributed by atoms with Gasteiger partial charge in [0, 0.05) is 17.8 Å². The van der Waals surface area contributed by atoms with E-state index in [2.05, 4.69) is 5.10 Å². The van der Waals surface area contributed by atoms with Gasteiger partial charge in [0.1, 0.15) is 6.10 Å². The first-order valence-corrected chi connectivity index (χ1v) is 6.19. The lowest BCUT2D eigenvalue weighted by Crippen LogP contribution is -2.12. The number of aliphatic hydroxyl groups is 1. The Kier molecular flexibility index (Phi) is 3.85. The van der Waals surface area contributed by atoms with Crippen LogP contribution in [0.15, 0.2) is 36.7 Å². The molecule has 3 nitrogen and oxygen atoms in total. The van der Waals surface area contributed by atoms with Crippen molar-refractivity contribution in [3.8, 4) is 0 Å². The summed E-state index contributed by atoms with van der Waals surface area (Å²) in [5.41, 5.74) is -0.650. The molecular weight excluding hydrogens is 269 g/mol. The average Bonchev–Trinajstić information content (AvgIpc) is 2.86. The molecule has 0 aliphatic heterocycles. The molecule has 1 aromatic heterocycles. The van der Waals surface area contributed by atoms with Crippen LogP contribution in [-0.4, -0.2) is 14.9 Å². The van der Waals surface area contributed by atoms with Crippen molar-refractivity contribution in [2.75, 3.05) is 0 Å². The molecule has 1 N–H and O–H groups in total. The maximum atomic E-state index is 12.9. The summed E-state index contributed by atoms with van der Waals surface area (Å²) in [6, 6.07) is 5.09. The molecule has 0 amide bonds. The Hall–Kier alpha value is -1.82. The first-order chi connectivity index (χ1) is 9.30. The van der Waals surface area contributed by atoms with E-state index >= 15 is 0 Å². The van der Waals surface area contributed by atoms with E-state index in [1.807, 2.05) is 13.8 Å². The molecule has 0 saturated heterocycles. The molecule has 0 saturated carbocycles. The number of nitrogens with zero attached hydrogens (tertiary/aromatic N) is 2. The molecule has 0 fully saturated rings. The lowest BCUT2D eigenvalue weighted by molar-refractivity contribution is -0.139. The van der Waals surface area contributed by atoms with E-state index in [1.54, 1.807) is 10.9 Å². The van der Waals surface area contributed by atoms with Gasteiger partial charge in [-0.05, 0) is 25.5 Å². The minimum atomic E-state index is -4.49. The molecule has 0 spiro atoms. The number of benzene rings is 1. The van der Waals surface area contributed by atoms with Crippen molar-refractivity contribution in [1.29, 1.82) is 0 Å². The Bertz CT molecular complexity index is 590. The van der Waals surface area contributed by atoms with E-state index in [0.29, 0.717) is 5.56 Å². The van der Waals surface area contributed by atoms with Crippen LogP contribution in [0, 0.1) is 0 Å². The molecule has 0 radical (unpaired) electrons. The predicted molar refractivity (Wildman–Crippen MR) is 68.1 cm³/mol. The monoisotopic (exact) mass is 284 g/mol. The predicted octanol–water partition coefficient (Wildman–Crippen LogP) is 3.56. The van der Waals surface area contributed by atoms with Crippen LogP contribution in [0.25, 0.3) is 0 Å². The zero-order valence-electron chi connectivity index (χ0n) is 11.1. The fraction of sp³-hybridized carbons (Fsp3) is 0.357. The van der Waals surface area contributed by atoms with Crippen molar-refractivity contribution >= 4 is 0 Å². The standard InChI is InChI=1S/C14H15F3N2O/c1-9(2)19-8-10(7-18-19)13(20)11-5-3-4-6-12(11)14(15,16)17/h3-9,13,20H,1-2H3. The Morgan fingerprint density at radius 2 is 1.85 bits per heavy atom. The number of aliphatic hydroxyl groups excluding tert-OH is 1. The van der Waals surface area contributed by atoms with Gasteiger partial charge in [-0.3, -0.25) is 4.68 Å². The highest BCUT2D eigenvalue weighted by Crippen LogP contribution is 2.36. The van der Waals surface area contributed by atoms with Gasteiger partial charge in [0.2, 0.25) is 0 Å². The maximum Gasteiger partial charge on any atom is 0.416 e. The number of aromatic nitrogens is 2. The van der Waals surface area contributed by atoms with Crippen molar-refractivity contribution in [3.05, 3.63) is 53.3 Å². The van der Waals surface area contributed by atoms with Crippen LogP contribution in [0.1, 0.15) is 42.7 Å². The SMILES string of the molecule is CC(C)n1cc(C(O)c2ccccc2C(F)(F)F)cn1. The minimum absolute atomic E-state index is 0.0776. The van der Waals surface area contributed by atoms with E-state index in [-0.39, 0.29) is 11.6 Å². The second-order valence-electron chi connectivity index (χ2n) is 4.83. The maximum absolute atomic E-state index is 12.9. The summed E-state index contributed by atoms with van der Waals surface area (Å²) in [5, 5.41) is 14.2. The number of halogens is 3. The van der Waals surface area contributed by atoms with Gasteiger partial charge in [0.25, 0.3) is 0 Å². The third kappa shape index (κ3) is 2.85. The molecular formula is C14H15F3N2O. The van der Waals surface area contributed by atoms with Crippen molar-refractivity contribution in [1.82, 2.24) is 9.78 Å². The Morgan fingerprint density at radius 3 is 2.40 bits per heavy atom. The van der Waals surface area contributed by atoms with Crippen molar-refractivity contribution in [2.24, 2.45) is 0 Å². The highest BCUT2D eigenvalue weighted by molar-refractivity contribution is 5.36. The van der Waals surface area contributed by atoms with Crippen LogP contribution < -0.4 is 0 Å².